The van der Waals surface area contributed by atoms with Gasteiger partial charge in [-0.15, -0.1) is 11.3 Å². The van der Waals surface area contributed by atoms with E-state index in [1.807, 2.05) is 24.4 Å². The molecule has 2 aromatic rings. The lowest BCUT2D eigenvalue weighted by Crippen LogP contribution is -2.38. The molecular weight excluding hydrogens is 318 g/mol. The van der Waals surface area contributed by atoms with Gasteiger partial charge in [0, 0.05) is 11.4 Å². The van der Waals surface area contributed by atoms with Crippen molar-refractivity contribution in [1.29, 1.82) is 0 Å². The first-order valence-corrected chi connectivity index (χ1v) is 8.07. The molecule has 0 aromatic carbocycles. The van der Waals surface area contributed by atoms with Crippen molar-refractivity contribution in [3.8, 4) is 0 Å². The van der Waals surface area contributed by atoms with Gasteiger partial charge < -0.3 is 10.1 Å². The molecule has 2 aliphatic rings. The third-order valence-electron chi connectivity index (χ3n) is 4.12. The molecule has 0 amide bonds. The van der Waals surface area contributed by atoms with Crippen molar-refractivity contribution in [3.05, 3.63) is 60.1 Å². The van der Waals surface area contributed by atoms with Crippen LogP contribution in [0.4, 0.5) is 5.82 Å². The molecule has 1 atom stereocenters. The standard InChI is InChI=1S/C15H13N3O4S/c1-2-18-12-11(13(19)17-15(18)21)10(8-4-3-5-23-8)9-7(16-12)6-22-14(9)20/h3-5,10,16H,2,6H2,1H3,(H,17,19,21)/t10-/m0/s1. The highest BCUT2D eigenvalue weighted by atomic mass is 32.1. The number of hydrogen-bond donors (Lipinski definition) is 2. The first kappa shape index (κ1) is 14.0. The zero-order chi connectivity index (χ0) is 16.1. The molecule has 4 rings (SSSR count). The second-order valence-corrected chi connectivity index (χ2v) is 6.29. The number of esters is 1. The fourth-order valence-corrected chi connectivity index (χ4v) is 3.97. The number of nitrogens with one attached hydrogen (secondary N) is 2. The number of aromatic amines is 1. The van der Waals surface area contributed by atoms with E-state index in [-0.39, 0.29) is 6.61 Å². The summed E-state index contributed by atoms with van der Waals surface area (Å²) in [5.74, 6) is -0.500. The number of rotatable bonds is 2. The SMILES string of the molecule is CCn1c2c(c(=O)[nH]c1=O)[C@@H](c1cccs1)C1=C(COC1=O)N2. The van der Waals surface area contributed by atoms with Crippen LogP contribution in [0.3, 0.4) is 0 Å². The van der Waals surface area contributed by atoms with Gasteiger partial charge in [-0.3, -0.25) is 14.3 Å². The highest BCUT2D eigenvalue weighted by Crippen LogP contribution is 2.43. The van der Waals surface area contributed by atoms with E-state index < -0.39 is 23.1 Å². The Labute approximate surface area is 134 Å². The minimum Gasteiger partial charge on any atom is -0.456 e. The van der Waals surface area contributed by atoms with E-state index in [0.29, 0.717) is 29.2 Å². The van der Waals surface area contributed by atoms with Crippen LogP contribution < -0.4 is 16.6 Å². The van der Waals surface area contributed by atoms with Crippen LogP contribution in [0.25, 0.3) is 0 Å². The van der Waals surface area contributed by atoms with Crippen LogP contribution in [0.2, 0.25) is 0 Å². The van der Waals surface area contributed by atoms with E-state index in [2.05, 4.69) is 10.3 Å². The molecule has 0 radical (unpaired) electrons. The van der Waals surface area contributed by atoms with Crippen LogP contribution in [0.5, 0.6) is 0 Å². The Morgan fingerprint density at radius 2 is 2.22 bits per heavy atom. The molecule has 0 aliphatic carbocycles. The Morgan fingerprint density at radius 1 is 1.39 bits per heavy atom. The third-order valence-corrected chi connectivity index (χ3v) is 5.06. The van der Waals surface area contributed by atoms with Gasteiger partial charge in [0.05, 0.1) is 22.8 Å². The van der Waals surface area contributed by atoms with Gasteiger partial charge in [0.1, 0.15) is 12.4 Å². The molecule has 0 saturated carbocycles. The number of ether oxygens (including phenoxy) is 1. The van der Waals surface area contributed by atoms with Gasteiger partial charge in [0.25, 0.3) is 5.56 Å². The van der Waals surface area contributed by atoms with Crippen LogP contribution in [0.1, 0.15) is 23.3 Å². The molecule has 7 nitrogen and oxygen atoms in total. The normalized spacial score (nSPS) is 19.2. The average Bonchev–Trinajstić information content (AvgIpc) is 3.16. The van der Waals surface area contributed by atoms with Gasteiger partial charge in [-0.25, -0.2) is 9.59 Å². The summed E-state index contributed by atoms with van der Waals surface area (Å²) in [7, 11) is 0. The highest BCUT2D eigenvalue weighted by molar-refractivity contribution is 7.10. The summed E-state index contributed by atoms with van der Waals surface area (Å²) >= 11 is 1.46. The molecule has 2 aliphatic heterocycles. The summed E-state index contributed by atoms with van der Waals surface area (Å²) in [6, 6.07) is 3.74. The average molecular weight is 331 g/mol. The summed E-state index contributed by atoms with van der Waals surface area (Å²) in [5, 5.41) is 4.95. The molecule has 2 N–H and O–H groups in total. The largest absolute Gasteiger partial charge is 0.456 e. The number of aromatic nitrogens is 2. The van der Waals surface area contributed by atoms with E-state index in [4.69, 9.17) is 4.74 Å². The van der Waals surface area contributed by atoms with Crippen LogP contribution in [-0.2, 0) is 16.1 Å². The number of anilines is 1. The Kier molecular flexibility index (Phi) is 3.02. The Hall–Kier alpha value is -2.61. The van der Waals surface area contributed by atoms with Crippen LogP contribution in [-0.4, -0.2) is 22.1 Å². The number of thiophene rings is 1. The van der Waals surface area contributed by atoms with E-state index in [1.165, 1.54) is 15.9 Å². The van der Waals surface area contributed by atoms with Crippen molar-refractivity contribution in [2.24, 2.45) is 0 Å². The second kappa shape index (κ2) is 4.95. The van der Waals surface area contributed by atoms with E-state index in [1.54, 1.807) is 0 Å². The van der Waals surface area contributed by atoms with Crippen LogP contribution in [0.15, 0.2) is 38.4 Å². The zero-order valence-electron chi connectivity index (χ0n) is 12.2. The molecule has 0 unspecified atom stereocenters. The highest BCUT2D eigenvalue weighted by Gasteiger charge is 2.41. The first-order chi connectivity index (χ1) is 11.1. The lowest BCUT2D eigenvalue weighted by Gasteiger charge is -2.26. The van der Waals surface area contributed by atoms with Crippen molar-refractivity contribution in [2.45, 2.75) is 19.4 Å². The summed E-state index contributed by atoms with van der Waals surface area (Å²) in [5.41, 5.74) is 0.501. The number of fused-ring (bicyclic) bond motifs is 1. The molecule has 8 heteroatoms. The maximum absolute atomic E-state index is 12.5. The van der Waals surface area contributed by atoms with Crippen molar-refractivity contribution >= 4 is 23.1 Å². The van der Waals surface area contributed by atoms with Gasteiger partial charge >= 0.3 is 11.7 Å². The second-order valence-electron chi connectivity index (χ2n) is 5.31. The van der Waals surface area contributed by atoms with Gasteiger partial charge in [-0.05, 0) is 18.4 Å². The number of hydrogen-bond acceptors (Lipinski definition) is 6. The van der Waals surface area contributed by atoms with E-state index >= 15 is 0 Å². The predicted octanol–water partition coefficient (Wildman–Crippen LogP) is 0.986. The van der Waals surface area contributed by atoms with Gasteiger partial charge in [0.2, 0.25) is 0 Å². The van der Waals surface area contributed by atoms with Crippen LogP contribution in [0, 0.1) is 0 Å². The number of H-pyrrole nitrogens is 1. The topological polar surface area (TPSA) is 93.2 Å². The Morgan fingerprint density at radius 3 is 2.91 bits per heavy atom. The number of carbonyl (C=O) groups is 1. The lowest BCUT2D eigenvalue weighted by atomic mass is 9.87. The number of nitrogens with zero attached hydrogens (tertiary/aromatic N) is 1. The maximum atomic E-state index is 12.5. The molecule has 2 aromatic heterocycles. The quantitative estimate of drug-likeness (QED) is 0.801. The van der Waals surface area contributed by atoms with Crippen LogP contribution >= 0.6 is 11.3 Å². The number of cyclic esters (lactones) is 1. The summed E-state index contributed by atoms with van der Waals surface area (Å²) in [6.45, 7) is 2.35. The lowest BCUT2D eigenvalue weighted by molar-refractivity contribution is -0.136. The van der Waals surface area contributed by atoms with E-state index in [9.17, 15) is 14.4 Å². The molecule has 0 bridgehead atoms. The fraction of sp³-hybridized carbons (Fsp3) is 0.267. The first-order valence-electron chi connectivity index (χ1n) is 7.19. The smallest absolute Gasteiger partial charge is 0.337 e. The minimum absolute atomic E-state index is 0.125. The zero-order valence-corrected chi connectivity index (χ0v) is 13.0. The van der Waals surface area contributed by atoms with Crippen molar-refractivity contribution in [3.63, 3.8) is 0 Å². The fourth-order valence-electron chi connectivity index (χ4n) is 3.13. The Balaban J connectivity index is 2.07. The summed E-state index contributed by atoms with van der Waals surface area (Å²) < 4.78 is 6.59. The molecule has 0 saturated heterocycles. The molecule has 0 fully saturated rings. The third kappa shape index (κ3) is 1.91. The van der Waals surface area contributed by atoms with Crippen molar-refractivity contribution in [2.75, 3.05) is 11.9 Å². The molecule has 0 spiro atoms. The van der Waals surface area contributed by atoms with Gasteiger partial charge in [-0.2, -0.15) is 0 Å². The summed E-state index contributed by atoms with van der Waals surface area (Å²) in [4.78, 5) is 39.9. The maximum Gasteiger partial charge on any atom is 0.337 e. The van der Waals surface area contributed by atoms with Crippen molar-refractivity contribution < 1.29 is 9.53 Å². The Bertz CT molecular complexity index is 952. The van der Waals surface area contributed by atoms with Crippen molar-refractivity contribution in [1.82, 2.24) is 9.55 Å². The molecular formula is C15H13N3O4S. The monoisotopic (exact) mass is 331 g/mol. The molecule has 4 heterocycles. The molecule has 118 valence electrons. The predicted molar refractivity (Wildman–Crippen MR) is 84.8 cm³/mol. The summed E-state index contributed by atoms with van der Waals surface area (Å²) in [6.07, 6.45) is 0. The van der Waals surface area contributed by atoms with Gasteiger partial charge in [-0.1, -0.05) is 6.07 Å². The minimum atomic E-state index is -0.515. The number of carbonyl (C=O) groups excluding carboxylic acids is 1. The van der Waals surface area contributed by atoms with E-state index in [0.717, 1.165) is 4.88 Å². The van der Waals surface area contributed by atoms with Gasteiger partial charge in [0.15, 0.2) is 0 Å². The molecule has 23 heavy (non-hydrogen) atoms.